The molecule has 1 aromatic rings. The zero-order valence-corrected chi connectivity index (χ0v) is 9.96. The molecule has 3 heteroatoms. The molecule has 1 atom stereocenters. The van der Waals surface area contributed by atoms with E-state index >= 15 is 0 Å². The Morgan fingerprint density at radius 1 is 1.19 bits per heavy atom. The predicted octanol–water partition coefficient (Wildman–Crippen LogP) is 3.41. The van der Waals surface area contributed by atoms with Crippen LogP contribution in [0, 0.1) is 0 Å². The van der Waals surface area contributed by atoms with E-state index in [2.05, 4.69) is 0 Å². The molecule has 1 N–H and O–H groups in total. The number of hydrogen-bond acceptors (Lipinski definition) is 1. The van der Waals surface area contributed by atoms with Gasteiger partial charge in [0.05, 0.1) is 0 Å². The summed E-state index contributed by atoms with van der Waals surface area (Å²) in [4.78, 5) is 0. The SMILES string of the molecule is OC12CC=CC=C1c1ccccc1C2(Cl)Cl. The Bertz CT molecular complexity index is 516. The maximum absolute atomic E-state index is 10.7. The van der Waals surface area contributed by atoms with Gasteiger partial charge >= 0.3 is 0 Å². The summed E-state index contributed by atoms with van der Waals surface area (Å²) in [6, 6.07) is 7.62. The van der Waals surface area contributed by atoms with E-state index in [4.69, 9.17) is 23.2 Å². The molecule has 16 heavy (non-hydrogen) atoms. The van der Waals surface area contributed by atoms with Gasteiger partial charge in [-0.25, -0.2) is 0 Å². The Morgan fingerprint density at radius 3 is 2.75 bits per heavy atom. The summed E-state index contributed by atoms with van der Waals surface area (Å²) < 4.78 is -1.26. The van der Waals surface area contributed by atoms with Crippen molar-refractivity contribution in [3.63, 3.8) is 0 Å². The molecule has 0 bridgehead atoms. The van der Waals surface area contributed by atoms with Gasteiger partial charge in [-0.2, -0.15) is 0 Å². The Morgan fingerprint density at radius 2 is 1.94 bits per heavy atom. The topological polar surface area (TPSA) is 20.2 Å². The van der Waals surface area contributed by atoms with Crippen molar-refractivity contribution < 1.29 is 5.11 Å². The second-order valence-corrected chi connectivity index (χ2v) is 5.52. The van der Waals surface area contributed by atoms with Crippen LogP contribution < -0.4 is 0 Å². The van der Waals surface area contributed by atoms with Crippen molar-refractivity contribution >= 4 is 28.8 Å². The van der Waals surface area contributed by atoms with Gasteiger partial charge in [0.15, 0.2) is 4.33 Å². The molecule has 2 aliphatic rings. The molecule has 1 unspecified atom stereocenters. The van der Waals surface area contributed by atoms with Gasteiger partial charge in [0.1, 0.15) is 5.60 Å². The predicted molar refractivity (Wildman–Crippen MR) is 66.5 cm³/mol. The molecule has 0 aromatic heterocycles. The van der Waals surface area contributed by atoms with Gasteiger partial charge in [0, 0.05) is 6.42 Å². The number of aliphatic hydroxyl groups is 1. The van der Waals surface area contributed by atoms with Crippen LogP contribution >= 0.6 is 23.2 Å². The van der Waals surface area contributed by atoms with E-state index in [9.17, 15) is 5.11 Å². The number of allylic oxidation sites excluding steroid dienone is 2. The maximum atomic E-state index is 10.7. The van der Waals surface area contributed by atoms with E-state index in [1.807, 2.05) is 42.5 Å². The minimum atomic E-state index is -1.26. The molecule has 0 aliphatic heterocycles. The lowest BCUT2D eigenvalue weighted by atomic mass is 9.87. The zero-order chi connectivity index (χ0) is 11.4. The first-order valence-corrected chi connectivity index (χ1v) is 5.90. The number of benzene rings is 1. The Kier molecular flexibility index (Phi) is 2.03. The van der Waals surface area contributed by atoms with Gasteiger partial charge in [-0.3, -0.25) is 0 Å². The second kappa shape index (κ2) is 3.13. The molecular weight excluding hydrogens is 243 g/mol. The van der Waals surface area contributed by atoms with Crippen molar-refractivity contribution in [1.29, 1.82) is 0 Å². The van der Waals surface area contributed by atoms with Crippen LogP contribution in [-0.2, 0) is 4.33 Å². The van der Waals surface area contributed by atoms with Crippen LogP contribution in [-0.4, -0.2) is 10.7 Å². The van der Waals surface area contributed by atoms with Gasteiger partial charge in [0.25, 0.3) is 0 Å². The molecule has 0 radical (unpaired) electrons. The van der Waals surface area contributed by atoms with E-state index in [0.717, 1.165) is 16.7 Å². The molecule has 0 fully saturated rings. The highest BCUT2D eigenvalue weighted by Crippen LogP contribution is 2.60. The zero-order valence-electron chi connectivity index (χ0n) is 8.45. The molecular formula is C13H10Cl2O. The van der Waals surface area contributed by atoms with E-state index in [0.29, 0.717) is 6.42 Å². The summed E-state index contributed by atoms with van der Waals surface area (Å²) in [7, 11) is 0. The summed E-state index contributed by atoms with van der Waals surface area (Å²) in [6.45, 7) is 0. The van der Waals surface area contributed by atoms with Gasteiger partial charge < -0.3 is 5.11 Å². The van der Waals surface area contributed by atoms with Gasteiger partial charge in [-0.05, 0) is 16.7 Å². The third kappa shape index (κ3) is 1.06. The molecule has 0 saturated carbocycles. The Balaban J connectivity index is 2.34. The minimum absolute atomic E-state index is 0.445. The van der Waals surface area contributed by atoms with Crippen LogP contribution in [0.3, 0.4) is 0 Å². The average molecular weight is 253 g/mol. The largest absolute Gasteiger partial charge is 0.381 e. The summed E-state index contributed by atoms with van der Waals surface area (Å²) in [5, 5.41) is 10.7. The quantitative estimate of drug-likeness (QED) is 0.702. The van der Waals surface area contributed by atoms with Crippen molar-refractivity contribution in [3.8, 4) is 0 Å². The van der Waals surface area contributed by atoms with Crippen LogP contribution in [0.5, 0.6) is 0 Å². The number of rotatable bonds is 0. The van der Waals surface area contributed by atoms with E-state index in [1.54, 1.807) is 0 Å². The molecule has 82 valence electrons. The van der Waals surface area contributed by atoms with Crippen molar-refractivity contribution in [3.05, 3.63) is 53.6 Å². The van der Waals surface area contributed by atoms with Crippen LogP contribution in [0.15, 0.2) is 42.5 Å². The maximum Gasteiger partial charge on any atom is 0.176 e. The van der Waals surface area contributed by atoms with Gasteiger partial charge in [0.2, 0.25) is 0 Å². The molecule has 1 nitrogen and oxygen atoms in total. The fourth-order valence-corrected chi connectivity index (χ4v) is 3.16. The van der Waals surface area contributed by atoms with Crippen LogP contribution in [0.4, 0.5) is 0 Å². The van der Waals surface area contributed by atoms with E-state index in [1.165, 1.54) is 0 Å². The van der Waals surface area contributed by atoms with Gasteiger partial charge in [-0.1, -0.05) is 65.7 Å². The van der Waals surface area contributed by atoms with Gasteiger partial charge in [-0.15, -0.1) is 0 Å². The summed E-state index contributed by atoms with van der Waals surface area (Å²) in [5.74, 6) is 0. The molecule has 0 spiro atoms. The highest BCUT2D eigenvalue weighted by molar-refractivity contribution is 6.50. The molecule has 0 heterocycles. The summed E-state index contributed by atoms with van der Waals surface area (Å²) in [6.07, 6.45) is 6.14. The van der Waals surface area contributed by atoms with Crippen molar-refractivity contribution in [1.82, 2.24) is 0 Å². The highest BCUT2D eigenvalue weighted by atomic mass is 35.5. The molecule has 2 aliphatic carbocycles. The lowest BCUT2D eigenvalue weighted by molar-refractivity contribution is 0.0915. The highest BCUT2D eigenvalue weighted by Gasteiger charge is 2.58. The van der Waals surface area contributed by atoms with Crippen molar-refractivity contribution in [2.75, 3.05) is 0 Å². The second-order valence-electron chi connectivity index (χ2n) is 4.19. The van der Waals surface area contributed by atoms with Crippen LogP contribution in [0.25, 0.3) is 5.57 Å². The standard InChI is InChI=1S/C13H10Cl2O/c14-13(15)11-7-2-1-5-9(11)10-6-3-4-8-12(10,13)16/h1-7,16H,8H2. The van der Waals surface area contributed by atoms with Crippen LogP contribution in [0.1, 0.15) is 17.5 Å². The first-order chi connectivity index (χ1) is 7.57. The molecule has 0 amide bonds. The monoisotopic (exact) mass is 252 g/mol. The smallest absolute Gasteiger partial charge is 0.176 e. The Labute approximate surface area is 104 Å². The van der Waals surface area contributed by atoms with Crippen molar-refractivity contribution in [2.45, 2.75) is 16.4 Å². The lowest BCUT2D eigenvalue weighted by Gasteiger charge is -2.34. The first kappa shape index (κ1) is 10.4. The molecule has 0 saturated heterocycles. The summed E-state index contributed by atoms with van der Waals surface area (Å²) in [5.41, 5.74) is 1.35. The van der Waals surface area contributed by atoms with Crippen molar-refractivity contribution in [2.24, 2.45) is 0 Å². The molecule has 3 rings (SSSR count). The Hall–Kier alpha value is -0.760. The normalized spacial score (nSPS) is 29.6. The number of halogens is 2. The fraction of sp³-hybridized carbons (Fsp3) is 0.231. The van der Waals surface area contributed by atoms with E-state index < -0.39 is 9.93 Å². The lowest BCUT2D eigenvalue weighted by Crippen LogP contribution is -2.40. The molecule has 1 aromatic carbocycles. The number of fused-ring (bicyclic) bond motifs is 3. The first-order valence-electron chi connectivity index (χ1n) is 5.15. The average Bonchev–Trinajstić information content (AvgIpc) is 2.46. The van der Waals surface area contributed by atoms with Crippen LogP contribution in [0.2, 0.25) is 0 Å². The number of hydrogen-bond donors (Lipinski definition) is 1. The summed E-state index contributed by atoms with van der Waals surface area (Å²) >= 11 is 12.7. The third-order valence-electron chi connectivity index (χ3n) is 3.33. The number of alkyl halides is 2. The third-order valence-corrected chi connectivity index (χ3v) is 4.37. The fourth-order valence-electron chi connectivity index (χ4n) is 2.48. The van der Waals surface area contributed by atoms with E-state index in [-0.39, 0.29) is 0 Å². The minimum Gasteiger partial charge on any atom is -0.381 e.